The predicted octanol–water partition coefficient (Wildman–Crippen LogP) is 3.88. The van der Waals surface area contributed by atoms with Crippen molar-refractivity contribution in [3.63, 3.8) is 0 Å². The average molecular weight is 297 g/mol. The van der Waals surface area contributed by atoms with E-state index in [4.69, 9.17) is 0 Å². The van der Waals surface area contributed by atoms with Crippen LogP contribution in [0.15, 0.2) is 30.3 Å². The summed E-state index contributed by atoms with van der Waals surface area (Å²) in [5.74, 6) is -3.33. The van der Waals surface area contributed by atoms with Gasteiger partial charge in [0.05, 0.1) is 0 Å². The lowest BCUT2D eigenvalue weighted by atomic mass is 10.1. The van der Waals surface area contributed by atoms with Crippen molar-refractivity contribution in [1.29, 1.82) is 0 Å². The van der Waals surface area contributed by atoms with E-state index in [9.17, 15) is 17.6 Å². The molecule has 0 heterocycles. The van der Waals surface area contributed by atoms with Crippen molar-refractivity contribution in [3.8, 4) is 0 Å². The first-order valence-electron chi connectivity index (χ1n) is 6.56. The Morgan fingerprint density at radius 2 is 1.57 bits per heavy atom. The monoisotopic (exact) mass is 297 g/mol. The molecule has 1 nitrogen and oxygen atoms in total. The summed E-state index contributed by atoms with van der Waals surface area (Å²) in [6.45, 7) is 2.43. The van der Waals surface area contributed by atoms with Crippen molar-refractivity contribution in [2.45, 2.75) is 19.9 Å². The third-order valence-corrected chi connectivity index (χ3v) is 3.28. The van der Waals surface area contributed by atoms with E-state index in [0.29, 0.717) is 19.0 Å². The third kappa shape index (κ3) is 4.04. The van der Waals surface area contributed by atoms with Crippen LogP contribution in [0.3, 0.4) is 0 Å². The van der Waals surface area contributed by atoms with Crippen LogP contribution in [0.1, 0.15) is 16.7 Å². The highest BCUT2D eigenvalue weighted by molar-refractivity contribution is 5.26. The number of benzene rings is 2. The zero-order valence-electron chi connectivity index (χ0n) is 11.5. The van der Waals surface area contributed by atoms with Crippen LogP contribution in [-0.2, 0) is 13.0 Å². The fourth-order valence-corrected chi connectivity index (χ4v) is 2.09. The van der Waals surface area contributed by atoms with E-state index in [1.165, 1.54) is 12.1 Å². The standard InChI is InChI=1S/C16H15F4N/c1-10-6-13(17)3-2-11(10)4-5-21-9-12-7-15(19)16(20)8-14(12)18/h2-3,6-8,21H,4-5,9H2,1H3. The molecule has 1 N–H and O–H groups in total. The maximum absolute atomic E-state index is 13.4. The van der Waals surface area contributed by atoms with Gasteiger partial charge in [0, 0.05) is 18.2 Å². The molecule has 0 unspecified atom stereocenters. The van der Waals surface area contributed by atoms with E-state index in [1.807, 2.05) is 6.92 Å². The van der Waals surface area contributed by atoms with Gasteiger partial charge in [0.1, 0.15) is 11.6 Å². The summed E-state index contributed by atoms with van der Waals surface area (Å²) in [7, 11) is 0. The molecule has 112 valence electrons. The first-order valence-corrected chi connectivity index (χ1v) is 6.56. The minimum Gasteiger partial charge on any atom is -0.312 e. The zero-order valence-corrected chi connectivity index (χ0v) is 11.5. The van der Waals surface area contributed by atoms with Gasteiger partial charge in [-0.25, -0.2) is 17.6 Å². The van der Waals surface area contributed by atoms with Crippen LogP contribution in [-0.4, -0.2) is 6.54 Å². The van der Waals surface area contributed by atoms with Crippen molar-refractivity contribution in [3.05, 3.63) is 70.3 Å². The molecule has 0 aliphatic carbocycles. The lowest BCUT2D eigenvalue weighted by Gasteiger charge is -2.08. The van der Waals surface area contributed by atoms with E-state index in [2.05, 4.69) is 5.32 Å². The Labute approximate surface area is 120 Å². The topological polar surface area (TPSA) is 12.0 Å². The summed E-state index contributed by atoms with van der Waals surface area (Å²) in [5.41, 5.74) is 1.90. The molecule has 0 aliphatic rings. The van der Waals surface area contributed by atoms with Gasteiger partial charge < -0.3 is 5.32 Å². The maximum Gasteiger partial charge on any atom is 0.161 e. The Hall–Kier alpha value is -1.88. The second kappa shape index (κ2) is 6.72. The molecule has 0 saturated carbocycles. The molecule has 2 aromatic carbocycles. The van der Waals surface area contributed by atoms with Gasteiger partial charge in [0.15, 0.2) is 11.6 Å². The van der Waals surface area contributed by atoms with Gasteiger partial charge in [-0.15, -0.1) is 0 Å². The van der Waals surface area contributed by atoms with Crippen molar-refractivity contribution in [2.75, 3.05) is 6.54 Å². The zero-order chi connectivity index (χ0) is 15.4. The molecule has 0 fully saturated rings. The van der Waals surface area contributed by atoms with Crippen LogP contribution in [0.25, 0.3) is 0 Å². The van der Waals surface area contributed by atoms with Crippen molar-refractivity contribution < 1.29 is 17.6 Å². The number of rotatable bonds is 5. The third-order valence-electron chi connectivity index (χ3n) is 3.28. The molecule has 21 heavy (non-hydrogen) atoms. The summed E-state index contributed by atoms with van der Waals surface area (Å²) < 4.78 is 52.1. The second-order valence-corrected chi connectivity index (χ2v) is 4.86. The van der Waals surface area contributed by atoms with Crippen LogP contribution < -0.4 is 5.32 Å². The highest BCUT2D eigenvalue weighted by atomic mass is 19.2. The molecule has 0 aliphatic heterocycles. The molecule has 0 spiro atoms. The summed E-state index contributed by atoms with van der Waals surface area (Å²) in [6.07, 6.45) is 0.636. The molecular weight excluding hydrogens is 282 g/mol. The minimum atomic E-state index is -1.20. The quantitative estimate of drug-likeness (QED) is 0.501. The Morgan fingerprint density at radius 1 is 0.857 bits per heavy atom. The molecule has 0 radical (unpaired) electrons. The molecule has 5 heteroatoms. The van der Waals surface area contributed by atoms with Crippen molar-refractivity contribution >= 4 is 0 Å². The Balaban J connectivity index is 1.89. The molecular formula is C16H15F4N. The predicted molar refractivity (Wildman–Crippen MR) is 72.9 cm³/mol. The molecule has 0 amide bonds. The van der Waals surface area contributed by atoms with Crippen molar-refractivity contribution in [2.24, 2.45) is 0 Å². The van der Waals surface area contributed by atoms with Gasteiger partial charge in [-0.2, -0.15) is 0 Å². The molecule has 2 aromatic rings. The van der Waals surface area contributed by atoms with E-state index in [0.717, 1.165) is 17.2 Å². The smallest absolute Gasteiger partial charge is 0.161 e. The van der Waals surface area contributed by atoms with E-state index in [1.54, 1.807) is 6.07 Å². The highest BCUT2D eigenvalue weighted by Gasteiger charge is 2.09. The van der Waals surface area contributed by atoms with Gasteiger partial charge in [-0.05, 0) is 49.2 Å². The molecule has 0 aromatic heterocycles. The van der Waals surface area contributed by atoms with Gasteiger partial charge in [-0.1, -0.05) is 6.07 Å². The van der Waals surface area contributed by atoms with E-state index < -0.39 is 17.5 Å². The fourth-order valence-electron chi connectivity index (χ4n) is 2.09. The van der Waals surface area contributed by atoms with Crippen LogP contribution in [0.2, 0.25) is 0 Å². The molecule has 0 bridgehead atoms. The molecule has 0 saturated heterocycles. The number of nitrogens with one attached hydrogen (secondary N) is 1. The van der Waals surface area contributed by atoms with Crippen LogP contribution in [0.4, 0.5) is 17.6 Å². The van der Waals surface area contributed by atoms with E-state index >= 15 is 0 Å². The van der Waals surface area contributed by atoms with Crippen molar-refractivity contribution in [1.82, 2.24) is 5.32 Å². The van der Waals surface area contributed by atoms with Gasteiger partial charge in [-0.3, -0.25) is 0 Å². The summed E-state index contributed by atoms with van der Waals surface area (Å²) in [4.78, 5) is 0. The van der Waals surface area contributed by atoms with E-state index in [-0.39, 0.29) is 17.9 Å². The van der Waals surface area contributed by atoms with Gasteiger partial charge in [0.25, 0.3) is 0 Å². The number of hydrogen-bond acceptors (Lipinski definition) is 1. The Bertz CT molecular complexity index is 640. The molecule has 2 rings (SSSR count). The SMILES string of the molecule is Cc1cc(F)ccc1CCNCc1cc(F)c(F)cc1F. The average Bonchev–Trinajstić information content (AvgIpc) is 2.42. The summed E-state index contributed by atoms with van der Waals surface area (Å²) in [6, 6.07) is 5.92. The first-order chi connectivity index (χ1) is 9.97. The Kier molecular flexibility index (Phi) is 4.96. The number of aryl methyl sites for hydroxylation is 1. The van der Waals surface area contributed by atoms with Gasteiger partial charge in [0.2, 0.25) is 0 Å². The normalized spacial score (nSPS) is 10.9. The summed E-state index contributed by atoms with van der Waals surface area (Å²) >= 11 is 0. The van der Waals surface area contributed by atoms with Crippen LogP contribution in [0.5, 0.6) is 0 Å². The first kappa shape index (κ1) is 15.5. The van der Waals surface area contributed by atoms with Crippen LogP contribution >= 0.6 is 0 Å². The summed E-state index contributed by atoms with van der Waals surface area (Å²) in [5, 5.41) is 2.96. The fraction of sp³-hybridized carbons (Fsp3) is 0.250. The second-order valence-electron chi connectivity index (χ2n) is 4.86. The Morgan fingerprint density at radius 3 is 2.29 bits per heavy atom. The number of halogens is 4. The lowest BCUT2D eigenvalue weighted by molar-refractivity contribution is 0.487. The highest BCUT2D eigenvalue weighted by Crippen LogP contribution is 2.14. The number of hydrogen-bond donors (Lipinski definition) is 1. The largest absolute Gasteiger partial charge is 0.312 e. The van der Waals surface area contributed by atoms with Crippen LogP contribution in [0, 0.1) is 30.2 Å². The minimum absolute atomic E-state index is 0.0738. The molecule has 0 atom stereocenters. The lowest BCUT2D eigenvalue weighted by Crippen LogP contribution is -2.18. The maximum atomic E-state index is 13.4. The van der Waals surface area contributed by atoms with Gasteiger partial charge >= 0.3 is 0 Å².